The molecule has 0 fully saturated rings. The first-order valence-corrected chi connectivity index (χ1v) is 15.4. The summed E-state index contributed by atoms with van der Waals surface area (Å²) in [6, 6.07) is 18.2. The van der Waals surface area contributed by atoms with Crippen molar-refractivity contribution in [1.82, 2.24) is 0 Å². The number of nitrogens with zero attached hydrogens (tertiary/aromatic N) is 4. The molecule has 0 spiro atoms. The highest BCUT2D eigenvalue weighted by molar-refractivity contribution is 7.67. The molecule has 39 heavy (non-hydrogen) atoms. The third-order valence-electron chi connectivity index (χ3n) is 4.91. The second-order valence-electron chi connectivity index (χ2n) is 7.18. The SMILES string of the molecule is COc1c(OC)c(OC)c(OP2(Oc3ccccc3)=NP=NP=N[P+](Oc3ccccc3)=N2)c(OC)c1OC. The van der Waals surface area contributed by atoms with Crippen molar-refractivity contribution in [1.29, 1.82) is 0 Å². The summed E-state index contributed by atoms with van der Waals surface area (Å²) in [7, 11) is 2.56. The van der Waals surface area contributed by atoms with Gasteiger partial charge in [-0.05, 0) is 24.3 Å². The second kappa shape index (κ2) is 13.6. The Morgan fingerprint density at radius 1 is 0.590 bits per heavy atom. The van der Waals surface area contributed by atoms with Crippen molar-refractivity contribution in [3.8, 4) is 46.0 Å². The highest BCUT2D eigenvalue weighted by atomic mass is 31.2. The Kier molecular flexibility index (Phi) is 9.96. The van der Waals surface area contributed by atoms with E-state index in [4.69, 9.17) is 41.8 Å². The zero-order valence-corrected chi connectivity index (χ0v) is 25.2. The van der Waals surface area contributed by atoms with Crippen LogP contribution in [0.25, 0.3) is 0 Å². The van der Waals surface area contributed by atoms with Gasteiger partial charge in [0, 0.05) is 4.52 Å². The topological polar surface area (TPSA) is 123 Å². The third-order valence-corrected chi connectivity index (χ3v) is 10.5. The smallest absolute Gasteiger partial charge is 0.490 e. The molecule has 3 aromatic carbocycles. The van der Waals surface area contributed by atoms with Crippen LogP contribution in [0.5, 0.6) is 46.0 Å². The fourth-order valence-corrected chi connectivity index (χ4v) is 8.82. The first kappa shape index (κ1) is 28.6. The molecule has 0 aliphatic carbocycles. The van der Waals surface area contributed by atoms with E-state index in [0.717, 1.165) is 0 Å². The molecule has 12 nitrogen and oxygen atoms in total. The second-order valence-corrected chi connectivity index (χ2v) is 12.4. The highest BCUT2D eigenvalue weighted by Gasteiger charge is 2.40. The van der Waals surface area contributed by atoms with Gasteiger partial charge in [0.05, 0.1) is 40.1 Å². The van der Waals surface area contributed by atoms with Gasteiger partial charge in [-0.25, -0.2) is 4.52 Å². The van der Waals surface area contributed by atoms with Crippen molar-refractivity contribution < 1.29 is 37.3 Å². The Hall–Kier alpha value is -3.41. The van der Waals surface area contributed by atoms with E-state index in [1.54, 1.807) is 24.3 Å². The summed E-state index contributed by atoms with van der Waals surface area (Å²) in [4.78, 5) is 0. The molecule has 1 aliphatic rings. The van der Waals surface area contributed by atoms with Gasteiger partial charge in [-0.2, -0.15) is 4.52 Å². The zero-order valence-electron chi connectivity index (χ0n) is 21.6. The van der Waals surface area contributed by atoms with E-state index in [9.17, 15) is 0 Å². The van der Waals surface area contributed by atoms with Crippen LogP contribution < -0.4 is 37.3 Å². The largest absolute Gasteiger partial charge is 0.602 e. The van der Waals surface area contributed by atoms with Crippen LogP contribution in [0, 0.1) is 0 Å². The minimum Gasteiger partial charge on any atom is -0.490 e. The molecule has 0 amide bonds. The van der Waals surface area contributed by atoms with E-state index in [1.165, 1.54) is 35.5 Å². The van der Waals surface area contributed by atoms with Crippen LogP contribution in [0.1, 0.15) is 0 Å². The molecule has 16 heteroatoms. The molecule has 4 rings (SSSR count). The van der Waals surface area contributed by atoms with Gasteiger partial charge in [0.1, 0.15) is 5.75 Å². The van der Waals surface area contributed by atoms with Crippen LogP contribution in [0.3, 0.4) is 0 Å². The summed E-state index contributed by atoms with van der Waals surface area (Å²) in [5.41, 5.74) is 0. The van der Waals surface area contributed by atoms with Crippen molar-refractivity contribution >= 4 is 32.8 Å². The molecule has 3 aromatic rings. The van der Waals surface area contributed by atoms with Gasteiger partial charge in [0.25, 0.3) is 0 Å². The van der Waals surface area contributed by atoms with Crippen LogP contribution in [0.2, 0.25) is 0 Å². The minimum atomic E-state index is -3.63. The normalized spacial score (nSPS) is 17.8. The monoisotopic (exact) mass is 609 g/mol. The lowest BCUT2D eigenvalue weighted by Crippen LogP contribution is -2.06. The van der Waals surface area contributed by atoms with Gasteiger partial charge in [-0.1, -0.05) is 36.4 Å². The molecular formula is C23H25N4O8P4+. The number of para-hydroxylation sites is 2. The summed E-state index contributed by atoms with van der Waals surface area (Å²) in [5.74, 6) is 2.11. The van der Waals surface area contributed by atoms with Crippen LogP contribution >= 0.6 is 32.8 Å². The average Bonchev–Trinajstić information content (AvgIpc) is 2.95. The van der Waals surface area contributed by atoms with Crippen molar-refractivity contribution in [3.05, 3.63) is 60.7 Å². The molecule has 0 aromatic heterocycles. The quantitative estimate of drug-likeness (QED) is 0.198. The van der Waals surface area contributed by atoms with Gasteiger partial charge in [-0.3, -0.25) is 0 Å². The Balaban J connectivity index is 1.96. The van der Waals surface area contributed by atoms with Gasteiger partial charge in [0.2, 0.25) is 43.0 Å². The number of hydrogen-bond donors (Lipinski definition) is 0. The van der Waals surface area contributed by atoms with Gasteiger partial charge in [-0.15, -0.1) is 4.52 Å². The Labute approximate surface area is 230 Å². The number of benzene rings is 3. The van der Waals surface area contributed by atoms with E-state index >= 15 is 0 Å². The van der Waals surface area contributed by atoms with Crippen LogP contribution in [0.15, 0.2) is 78.7 Å². The van der Waals surface area contributed by atoms with E-state index in [2.05, 4.69) is 13.5 Å². The maximum atomic E-state index is 6.58. The molecule has 0 saturated heterocycles. The van der Waals surface area contributed by atoms with E-state index in [1.807, 2.05) is 36.4 Å². The first-order chi connectivity index (χ1) is 19.1. The molecule has 0 saturated carbocycles. The molecule has 0 radical (unpaired) electrons. The van der Waals surface area contributed by atoms with E-state index in [-0.39, 0.29) is 34.5 Å². The lowest BCUT2D eigenvalue weighted by molar-refractivity contribution is 0.280. The summed E-state index contributed by atoms with van der Waals surface area (Å²) in [6.07, 6.45) is 0. The Bertz CT molecular complexity index is 1410. The van der Waals surface area contributed by atoms with Crippen LogP contribution in [0.4, 0.5) is 0 Å². The van der Waals surface area contributed by atoms with Crippen LogP contribution in [-0.2, 0) is 0 Å². The fraction of sp³-hybridized carbons (Fsp3) is 0.217. The number of rotatable bonds is 11. The zero-order chi connectivity index (χ0) is 27.7. The molecule has 0 bridgehead atoms. The number of methoxy groups -OCH3 is 5. The van der Waals surface area contributed by atoms with Crippen molar-refractivity contribution in [3.63, 3.8) is 0 Å². The van der Waals surface area contributed by atoms with Crippen molar-refractivity contribution in [2.75, 3.05) is 35.5 Å². The molecule has 204 valence electrons. The summed E-state index contributed by atoms with van der Waals surface area (Å²) in [5, 5.41) is 0. The lowest BCUT2D eigenvalue weighted by atomic mass is 10.2. The minimum absolute atomic E-state index is 0.0780. The van der Waals surface area contributed by atoms with Crippen molar-refractivity contribution in [2.45, 2.75) is 0 Å². The van der Waals surface area contributed by atoms with E-state index in [0.29, 0.717) is 28.5 Å². The molecular weight excluding hydrogens is 584 g/mol. The molecule has 1 heterocycles. The summed E-state index contributed by atoms with van der Waals surface area (Å²) in [6.45, 7) is 0. The van der Waals surface area contributed by atoms with Crippen LogP contribution in [-0.4, -0.2) is 35.5 Å². The number of hydrogen-bond acceptors (Lipinski definition) is 12. The standard InChI is InChI=1S/C23H25N4O8P4/c1-28-18-19(29-2)21(31-4)23(22(32-5)20(18)30-3)35-39(34-17-14-10-7-11-15-17)26-37-24-36-25-38(27-39)33-16-12-8-6-9-13-16/h6-15H,1-5H3/q+1. The fourth-order valence-electron chi connectivity index (χ4n) is 3.34. The molecule has 0 N–H and O–H groups in total. The predicted octanol–water partition coefficient (Wildman–Crippen LogP) is 8.81. The van der Waals surface area contributed by atoms with Gasteiger partial charge >= 0.3 is 15.8 Å². The Morgan fingerprint density at radius 3 is 1.59 bits per heavy atom. The van der Waals surface area contributed by atoms with Gasteiger partial charge in [0.15, 0.2) is 14.3 Å². The van der Waals surface area contributed by atoms with Gasteiger partial charge < -0.3 is 32.7 Å². The Morgan fingerprint density at radius 2 is 1.08 bits per heavy atom. The predicted molar refractivity (Wildman–Crippen MR) is 151 cm³/mol. The molecule has 1 aliphatic heterocycles. The third kappa shape index (κ3) is 6.60. The van der Waals surface area contributed by atoms with E-state index < -0.39 is 15.8 Å². The first-order valence-electron chi connectivity index (χ1n) is 11.1. The maximum Gasteiger partial charge on any atom is 0.602 e. The molecule has 2 atom stereocenters. The average molecular weight is 609 g/mol. The van der Waals surface area contributed by atoms with Crippen molar-refractivity contribution in [2.24, 2.45) is 18.1 Å². The highest BCUT2D eigenvalue weighted by Crippen LogP contribution is 2.66. The number of ether oxygens (including phenoxy) is 5. The lowest BCUT2D eigenvalue weighted by Gasteiger charge is -2.24. The maximum absolute atomic E-state index is 6.58. The summed E-state index contributed by atoms with van der Waals surface area (Å²) >= 11 is 0. The molecule has 2 unspecified atom stereocenters. The summed E-state index contributed by atoms with van der Waals surface area (Å²) < 4.78 is 65.5.